The molecule has 20 heavy (non-hydrogen) atoms. The van der Waals surface area contributed by atoms with E-state index < -0.39 is 0 Å². The summed E-state index contributed by atoms with van der Waals surface area (Å²) in [5, 5.41) is 0. The molecule has 0 aliphatic carbocycles. The van der Waals surface area contributed by atoms with Crippen molar-refractivity contribution in [2.24, 2.45) is 0 Å². The lowest BCUT2D eigenvalue weighted by atomic mass is 10.2. The Morgan fingerprint density at radius 2 is 1.05 bits per heavy atom. The highest BCUT2D eigenvalue weighted by atomic mass is 16.6. The predicted molar refractivity (Wildman–Crippen MR) is 74.0 cm³/mol. The Balaban J connectivity index is 1.33. The Labute approximate surface area is 120 Å². The highest BCUT2D eigenvalue weighted by Crippen LogP contribution is 2.12. The van der Waals surface area contributed by atoms with Crippen LogP contribution in [0.2, 0.25) is 0 Å². The van der Waals surface area contributed by atoms with Gasteiger partial charge >= 0.3 is 0 Å². The van der Waals surface area contributed by atoms with E-state index in [2.05, 4.69) is 9.80 Å². The van der Waals surface area contributed by atoms with Gasteiger partial charge in [-0.1, -0.05) is 0 Å². The average molecular weight is 286 g/mol. The molecule has 0 aromatic carbocycles. The number of hydrogen-bond donors (Lipinski definition) is 0. The molecule has 0 bridgehead atoms. The zero-order chi connectivity index (χ0) is 13.6. The van der Waals surface area contributed by atoms with Crippen molar-refractivity contribution >= 4 is 0 Å². The van der Waals surface area contributed by atoms with Crippen LogP contribution in [0.1, 0.15) is 0 Å². The van der Waals surface area contributed by atoms with E-state index in [1.165, 1.54) is 0 Å². The first-order valence-electron chi connectivity index (χ1n) is 7.73. The maximum absolute atomic E-state index is 5.97. The molecular weight excluding hydrogens is 260 g/mol. The van der Waals surface area contributed by atoms with Crippen LogP contribution in [0, 0.1) is 0 Å². The molecule has 6 heteroatoms. The van der Waals surface area contributed by atoms with E-state index in [0.29, 0.717) is 13.2 Å². The Hall–Kier alpha value is -0.240. The van der Waals surface area contributed by atoms with Crippen molar-refractivity contribution in [1.82, 2.24) is 9.80 Å². The molecule has 3 aliphatic rings. The highest BCUT2D eigenvalue weighted by Gasteiger charge is 2.26. The monoisotopic (exact) mass is 286 g/mol. The predicted octanol–water partition coefficient (Wildman–Crippen LogP) is -0.565. The Morgan fingerprint density at radius 3 is 1.40 bits per heavy atom. The van der Waals surface area contributed by atoms with Gasteiger partial charge in [-0.2, -0.15) is 0 Å². The number of rotatable bonds is 4. The van der Waals surface area contributed by atoms with E-state index in [9.17, 15) is 0 Å². The minimum absolute atomic E-state index is 0.217. The van der Waals surface area contributed by atoms with Crippen LogP contribution in [0.4, 0.5) is 0 Å². The van der Waals surface area contributed by atoms with Gasteiger partial charge in [-0.25, -0.2) is 0 Å². The molecule has 0 saturated carbocycles. The third-order valence-electron chi connectivity index (χ3n) is 4.17. The van der Waals surface area contributed by atoms with Gasteiger partial charge < -0.3 is 18.9 Å². The van der Waals surface area contributed by atoms with Gasteiger partial charge in [-0.3, -0.25) is 9.80 Å². The highest BCUT2D eigenvalue weighted by molar-refractivity contribution is 4.76. The second kappa shape index (κ2) is 7.68. The Kier molecular flexibility index (Phi) is 5.64. The average Bonchev–Trinajstić information content (AvgIpc) is 2.51. The van der Waals surface area contributed by atoms with Crippen LogP contribution in [0.25, 0.3) is 0 Å². The van der Waals surface area contributed by atoms with Gasteiger partial charge in [-0.15, -0.1) is 0 Å². The summed E-state index contributed by atoms with van der Waals surface area (Å²) < 4.78 is 22.7. The molecule has 0 amide bonds. The van der Waals surface area contributed by atoms with E-state index in [4.69, 9.17) is 18.9 Å². The first-order valence-corrected chi connectivity index (χ1v) is 7.73. The summed E-state index contributed by atoms with van der Waals surface area (Å²) in [6.45, 7) is 10.8. The molecule has 3 aliphatic heterocycles. The molecule has 6 nitrogen and oxygen atoms in total. The largest absolute Gasteiger partial charge is 0.379 e. The van der Waals surface area contributed by atoms with Crippen molar-refractivity contribution < 1.29 is 18.9 Å². The van der Waals surface area contributed by atoms with Gasteiger partial charge in [0.2, 0.25) is 0 Å². The zero-order valence-electron chi connectivity index (χ0n) is 12.2. The summed E-state index contributed by atoms with van der Waals surface area (Å²) in [5.74, 6) is 0. The Bertz CT molecular complexity index is 244. The van der Waals surface area contributed by atoms with Crippen molar-refractivity contribution in [3.8, 4) is 0 Å². The van der Waals surface area contributed by atoms with E-state index in [1.807, 2.05) is 0 Å². The molecule has 116 valence electrons. The number of nitrogens with zero attached hydrogens (tertiary/aromatic N) is 2. The van der Waals surface area contributed by atoms with Gasteiger partial charge in [0, 0.05) is 39.3 Å². The quantitative estimate of drug-likeness (QED) is 0.690. The molecule has 0 N–H and O–H groups in total. The molecule has 3 rings (SSSR count). The Morgan fingerprint density at radius 1 is 0.650 bits per heavy atom. The van der Waals surface area contributed by atoms with Crippen LogP contribution >= 0.6 is 0 Å². The fraction of sp³-hybridized carbons (Fsp3) is 1.00. The van der Waals surface area contributed by atoms with Crippen LogP contribution in [-0.2, 0) is 18.9 Å². The second-order valence-electron chi connectivity index (χ2n) is 5.74. The first kappa shape index (κ1) is 14.7. The normalized spacial score (nSPS) is 34.2. The van der Waals surface area contributed by atoms with Gasteiger partial charge in [0.05, 0.1) is 51.8 Å². The maximum atomic E-state index is 5.97. The van der Waals surface area contributed by atoms with Crippen molar-refractivity contribution in [3.63, 3.8) is 0 Å². The molecule has 0 unspecified atom stereocenters. The number of ether oxygens (including phenoxy) is 4. The summed E-state index contributed by atoms with van der Waals surface area (Å²) in [6, 6.07) is 0. The van der Waals surface area contributed by atoms with Crippen LogP contribution < -0.4 is 0 Å². The standard InChI is InChI=1S/C14H26N2O4/c1-5-17-6-2-15(1)9-13-11-20-14(12-19-13)10-16-3-7-18-8-4-16/h13-14H,1-12H2/t13-,14-/m0/s1. The van der Waals surface area contributed by atoms with Crippen molar-refractivity contribution in [3.05, 3.63) is 0 Å². The van der Waals surface area contributed by atoms with Crippen molar-refractivity contribution in [2.75, 3.05) is 78.9 Å². The second-order valence-corrected chi connectivity index (χ2v) is 5.74. The molecule has 3 heterocycles. The maximum Gasteiger partial charge on any atom is 0.0936 e. The summed E-state index contributed by atoms with van der Waals surface area (Å²) in [6.07, 6.45) is 0.433. The lowest BCUT2D eigenvalue weighted by Crippen LogP contribution is -2.49. The third kappa shape index (κ3) is 4.38. The molecule has 0 aromatic heterocycles. The fourth-order valence-corrected chi connectivity index (χ4v) is 2.94. The van der Waals surface area contributed by atoms with Crippen molar-refractivity contribution in [1.29, 1.82) is 0 Å². The molecule has 2 atom stereocenters. The van der Waals surface area contributed by atoms with Gasteiger partial charge in [0.25, 0.3) is 0 Å². The van der Waals surface area contributed by atoms with Gasteiger partial charge in [0.1, 0.15) is 0 Å². The summed E-state index contributed by atoms with van der Waals surface area (Å²) >= 11 is 0. The van der Waals surface area contributed by atoms with Crippen LogP contribution in [-0.4, -0.2) is 101 Å². The number of hydrogen-bond acceptors (Lipinski definition) is 6. The first-order chi connectivity index (χ1) is 9.90. The molecule has 3 fully saturated rings. The van der Waals surface area contributed by atoms with E-state index in [0.717, 1.165) is 65.7 Å². The molecule has 0 aromatic rings. The lowest BCUT2D eigenvalue weighted by Gasteiger charge is -2.36. The molecular formula is C14H26N2O4. The van der Waals surface area contributed by atoms with Crippen LogP contribution in [0.5, 0.6) is 0 Å². The van der Waals surface area contributed by atoms with Crippen LogP contribution in [0.15, 0.2) is 0 Å². The zero-order valence-corrected chi connectivity index (χ0v) is 12.2. The smallest absolute Gasteiger partial charge is 0.0936 e. The third-order valence-corrected chi connectivity index (χ3v) is 4.17. The topological polar surface area (TPSA) is 43.4 Å². The van der Waals surface area contributed by atoms with E-state index >= 15 is 0 Å². The van der Waals surface area contributed by atoms with Crippen molar-refractivity contribution in [2.45, 2.75) is 12.2 Å². The minimum atomic E-state index is 0.217. The summed E-state index contributed by atoms with van der Waals surface area (Å²) in [7, 11) is 0. The summed E-state index contributed by atoms with van der Waals surface area (Å²) in [4.78, 5) is 4.81. The lowest BCUT2D eigenvalue weighted by molar-refractivity contribution is -0.150. The minimum Gasteiger partial charge on any atom is -0.379 e. The SMILES string of the molecule is C1CN(C[C@H]2CO[C@@H](CN3CCOCC3)CO2)CCO1. The van der Waals surface area contributed by atoms with E-state index in [1.54, 1.807) is 0 Å². The van der Waals surface area contributed by atoms with Gasteiger partial charge in [-0.05, 0) is 0 Å². The van der Waals surface area contributed by atoms with Crippen LogP contribution in [0.3, 0.4) is 0 Å². The van der Waals surface area contributed by atoms with Gasteiger partial charge in [0.15, 0.2) is 0 Å². The number of morpholine rings is 2. The van der Waals surface area contributed by atoms with E-state index in [-0.39, 0.29) is 12.2 Å². The fourth-order valence-electron chi connectivity index (χ4n) is 2.94. The molecule has 0 radical (unpaired) electrons. The molecule has 3 saturated heterocycles. The summed E-state index contributed by atoms with van der Waals surface area (Å²) in [5.41, 5.74) is 0. The molecule has 0 spiro atoms.